The Kier molecular flexibility index (Phi) is 5.78. The topological polar surface area (TPSA) is 61.6 Å². The van der Waals surface area contributed by atoms with Crippen LogP contribution in [0, 0.1) is 5.92 Å². The molecular formula is C22H30N4O2. The van der Waals surface area contributed by atoms with Crippen LogP contribution in [0.2, 0.25) is 0 Å². The van der Waals surface area contributed by atoms with Crippen LogP contribution in [-0.2, 0) is 24.7 Å². The van der Waals surface area contributed by atoms with Gasteiger partial charge in [0.1, 0.15) is 0 Å². The Balaban J connectivity index is 1.48. The third-order valence-electron chi connectivity index (χ3n) is 6.15. The number of aliphatic hydroxyl groups excluding tert-OH is 1. The number of likely N-dealkylation sites (tertiary alicyclic amines) is 1. The van der Waals surface area contributed by atoms with Crippen molar-refractivity contribution in [3.05, 3.63) is 41.6 Å². The molecule has 1 unspecified atom stereocenters. The van der Waals surface area contributed by atoms with Crippen LogP contribution in [0.4, 0.5) is 0 Å². The van der Waals surface area contributed by atoms with Gasteiger partial charge < -0.3 is 14.9 Å². The van der Waals surface area contributed by atoms with Gasteiger partial charge >= 0.3 is 0 Å². The first-order valence-corrected chi connectivity index (χ1v) is 10.4. The highest BCUT2D eigenvalue weighted by Crippen LogP contribution is 2.29. The molecule has 1 amide bonds. The number of fused-ring (bicyclic) bond motifs is 1. The number of benzene rings is 1. The molecule has 0 radical (unpaired) electrons. The van der Waals surface area contributed by atoms with E-state index in [-0.39, 0.29) is 18.4 Å². The van der Waals surface area contributed by atoms with E-state index in [2.05, 4.69) is 21.9 Å². The van der Waals surface area contributed by atoms with E-state index in [0.717, 1.165) is 63.1 Å². The molecule has 6 heteroatoms. The molecule has 150 valence electrons. The van der Waals surface area contributed by atoms with E-state index in [1.165, 1.54) is 11.3 Å². The lowest BCUT2D eigenvalue weighted by Crippen LogP contribution is -2.46. The highest BCUT2D eigenvalue weighted by Gasteiger charge is 2.31. The molecule has 0 bridgehead atoms. The fourth-order valence-electron chi connectivity index (χ4n) is 4.69. The molecule has 1 N–H and O–H groups in total. The molecule has 4 rings (SSSR count). The molecule has 28 heavy (non-hydrogen) atoms. The van der Waals surface area contributed by atoms with Crippen molar-refractivity contribution in [3.63, 3.8) is 0 Å². The van der Waals surface area contributed by atoms with Crippen LogP contribution < -0.4 is 0 Å². The molecule has 1 atom stereocenters. The predicted molar refractivity (Wildman–Crippen MR) is 109 cm³/mol. The van der Waals surface area contributed by atoms with E-state index in [0.29, 0.717) is 6.54 Å². The van der Waals surface area contributed by atoms with Gasteiger partial charge in [0, 0.05) is 56.5 Å². The van der Waals surface area contributed by atoms with Gasteiger partial charge in [-0.1, -0.05) is 30.3 Å². The molecular weight excluding hydrogens is 352 g/mol. The number of aryl methyl sites for hydroxylation is 1. The number of aromatic nitrogens is 2. The summed E-state index contributed by atoms with van der Waals surface area (Å²) < 4.78 is 2.00. The van der Waals surface area contributed by atoms with Crippen molar-refractivity contribution in [1.82, 2.24) is 19.6 Å². The first-order valence-electron chi connectivity index (χ1n) is 10.4. The van der Waals surface area contributed by atoms with Crippen molar-refractivity contribution in [1.29, 1.82) is 0 Å². The number of amides is 1. The molecule has 1 saturated heterocycles. The zero-order valence-corrected chi connectivity index (χ0v) is 16.7. The van der Waals surface area contributed by atoms with Crippen molar-refractivity contribution in [2.45, 2.75) is 25.7 Å². The molecule has 1 aromatic carbocycles. The Bertz CT molecular complexity index is 815. The lowest BCUT2D eigenvalue weighted by atomic mass is 9.96. The van der Waals surface area contributed by atoms with Gasteiger partial charge in [-0.05, 0) is 25.8 Å². The van der Waals surface area contributed by atoms with E-state index >= 15 is 0 Å². The van der Waals surface area contributed by atoms with Gasteiger partial charge in [0.25, 0.3) is 0 Å². The van der Waals surface area contributed by atoms with Gasteiger partial charge in [-0.25, -0.2) is 0 Å². The zero-order chi connectivity index (χ0) is 19.5. The fourth-order valence-corrected chi connectivity index (χ4v) is 4.69. The Labute approximate surface area is 166 Å². The summed E-state index contributed by atoms with van der Waals surface area (Å²) >= 11 is 0. The van der Waals surface area contributed by atoms with E-state index in [1.807, 2.05) is 29.9 Å². The van der Waals surface area contributed by atoms with Crippen LogP contribution in [0.25, 0.3) is 11.3 Å². The second-order valence-corrected chi connectivity index (χ2v) is 7.95. The molecule has 0 saturated carbocycles. The number of β-amino-alcohol motifs (C(OH)–C–C–N with tert-alkyl or cyclic N) is 1. The average Bonchev–Trinajstić information content (AvgIpc) is 2.90. The quantitative estimate of drug-likeness (QED) is 0.875. The first-order chi connectivity index (χ1) is 13.7. The predicted octanol–water partition coefficient (Wildman–Crippen LogP) is 1.72. The monoisotopic (exact) mass is 382 g/mol. The van der Waals surface area contributed by atoms with E-state index in [4.69, 9.17) is 5.10 Å². The number of piperidine rings is 1. The summed E-state index contributed by atoms with van der Waals surface area (Å²) in [6.07, 6.45) is 3.70. The van der Waals surface area contributed by atoms with Crippen molar-refractivity contribution in [2.24, 2.45) is 13.0 Å². The van der Waals surface area contributed by atoms with Gasteiger partial charge in [0.15, 0.2) is 0 Å². The number of hydrogen-bond acceptors (Lipinski definition) is 4. The molecule has 1 fully saturated rings. The minimum atomic E-state index is 0.0632. The summed E-state index contributed by atoms with van der Waals surface area (Å²) in [7, 11) is 2.01. The Morgan fingerprint density at radius 1 is 1.18 bits per heavy atom. The summed E-state index contributed by atoms with van der Waals surface area (Å²) in [5, 5.41) is 14.0. The van der Waals surface area contributed by atoms with Crippen LogP contribution in [-0.4, -0.2) is 69.9 Å². The van der Waals surface area contributed by atoms with Crippen molar-refractivity contribution in [3.8, 4) is 11.3 Å². The molecule has 0 aliphatic carbocycles. The highest BCUT2D eigenvalue weighted by molar-refractivity contribution is 5.79. The maximum absolute atomic E-state index is 13.2. The maximum atomic E-state index is 13.2. The van der Waals surface area contributed by atoms with Crippen molar-refractivity contribution in [2.75, 3.05) is 39.3 Å². The van der Waals surface area contributed by atoms with Crippen molar-refractivity contribution < 1.29 is 9.90 Å². The van der Waals surface area contributed by atoms with Gasteiger partial charge in [0.05, 0.1) is 18.2 Å². The van der Waals surface area contributed by atoms with Crippen LogP contribution in [0.3, 0.4) is 0 Å². The fraction of sp³-hybridized carbons (Fsp3) is 0.545. The third-order valence-corrected chi connectivity index (χ3v) is 6.15. The Morgan fingerprint density at radius 2 is 1.96 bits per heavy atom. The molecule has 1 aromatic heterocycles. The molecule has 0 spiro atoms. The van der Waals surface area contributed by atoms with Gasteiger partial charge in [-0.2, -0.15) is 5.10 Å². The second kappa shape index (κ2) is 8.45. The molecule has 6 nitrogen and oxygen atoms in total. The van der Waals surface area contributed by atoms with E-state index in [9.17, 15) is 9.90 Å². The number of rotatable bonds is 4. The van der Waals surface area contributed by atoms with E-state index in [1.54, 1.807) is 0 Å². The number of nitrogens with zero attached hydrogens (tertiary/aromatic N) is 4. The van der Waals surface area contributed by atoms with Crippen LogP contribution in [0.15, 0.2) is 30.3 Å². The molecule has 2 aliphatic heterocycles. The smallest absolute Gasteiger partial charge is 0.226 e. The summed E-state index contributed by atoms with van der Waals surface area (Å²) in [5.41, 5.74) is 4.74. The minimum Gasteiger partial charge on any atom is -0.395 e. The van der Waals surface area contributed by atoms with Crippen molar-refractivity contribution >= 4 is 5.91 Å². The zero-order valence-electron chi connectivity index (χ0n) is 16.7. The number of carbonyl (C=O) groups is 1. The Hall–Kier alpha value is -2.18. The van der Waals surface area contributed by atoms with Crippen LogP contribution >= 0.6 is 0 Å². The van der Waals surface area contributed by atoms with Gasteiger partial charge in [-0.15, -0.1) is 0 Å². The SMILES string of the molecule is Cn1nc(-c2ccccc2)c2c1CCN(C(=O)C1CCCN(CCO)C1)CC2. The number of hydrogen-bond donors (Lipinski definition) is 1. The summed E-state index contributed by atoms with van der Waals surface area (Å²) in [6.45, 7) is 4.11. The number of carbonyl (C=O) groups excluding carboxylic acids is 1. The lowest BCUT2D eigenvalue weighted by Gasteiger charge is -2.34. The normalized spacial score (nSPS) is 20.6. The summed E-state index contributed by atoms with van der Waals surface area (Å²) in [4.78, 5) is 17.5. The third kappa shape index (κ3) is 3.84. The molecule has 3 heterocycles. The van der Waals surface area contributed by atoms with Crippen LogP contribution in [0.1, 0.15) is 24.1 Å². The summed E-state index contributed by atoms with van der Waals surface area (Å²) in [5.74, 6) is 0.345. The molecule has 2 aromatic rings. The minimum absolute atomic E-state index is 0.0632. The highest BCUT2D eigenvalue weighted by atomic mass is 16.3. The second-order valence-electron chi connectivity index (χ2n) is 7.95. The summed E-state index contributed by atoms with van der Waals surface area (Å²) in [6, 6.07) is 10.3. The standard InChI is InChI=1S/C22H30N4O2/c1-24-20-10-13-26(22(28)18-8-5-11-25(16-18)14-15-27)12-9-19(20)21(23-24)17-6-3-2-4-7-17/h2-4,6-7,18,27H,5,8-16H2,1H3. The first kappa shape index (κ1) is 19.2. The maximum Gasteiger partial charge on any atom is 0.226 e. The molecule has 2 aliphatic rings. The Morgan fingerprint density at radius 3 is 2.75 bits per heavy atom. The van der Waals surface area contributed by atoms with Gasteiger partial charge in [-0.3, -0.25) is 9.48 Å². The lowest BCUT2D eigenvalue weighted by molar-refractivity contribution is -0.137. The average molecular weight is 383 g/mol. The van der Waals surface area contributed by atoms with E-state index < -0.39 is 0 Å². The van der Waals surface area contributed by atoms with Gasteiger partial charge in [0.2, 0.25) is 5.91 Å². The van der Waals surface area contributed by atoms with Crippen LogP contribution in [0.5, 0.6) is 0 Å². The largest absolute Gasteiger partial charge is 0.395 e. The number of aliphatic hydroxyl groups is 1.